The minimum Gasteiger partial charge on any atom is -0.392 e. The van der Waals surface area contributed by atoms with Crippen LogP contribution in [0.15, 0.2) is 0 Å². The Morgan fingerprint density at radius 2 is 1.79 bits per heavy atom. The Balaban J connectivity index is 3.97. The third-order valence-electron chi connectivity index (χ3n) is 2.60. The summed E-state index contributed by atoms with van der Waals surface area (Å²) in [6.45, 7) is 10.6. The van der Waals surface area contributed by atoms with Crippen LogP contribution in [0.2, 0.25) is 0 Å². The van der Waals surface area contributed by atoms with Crippen molar-refractivity contribution >= 4 is 11.8 Å². The van der Waals surface area contributed by atoms with Gasteiger partial charge in [0.1, 0.15) is 0 Å². The lowest BCUT2D eigenvalue weighted by Crippen LogP contribution is -2.40. The third-order valence-corrected chi connectivity index (χ3v) is 4.04. The summed E-state index contributed by atoms with van der Waals surface area (Å²) in [6.07, 6.45) is -0.225. The molecule has 2 N–H and O–H groups in total. The molecule has 0 aliphatic carbocycles. The zero-order chi connectivity index (χ0) is 11.4. The van der Waals surface area contributed by atoms with Gasteiger partial charge in [0.15, 0.2) is 0 Å². The van der Waals surface area contributed by atoms with Crippen LogP contribution >= 0.6 is 11.8 Å². The fourth-order valence-corrected chi connectivity index (χ4v) is 2.59. The predicted octanol–water partition coefficient (Wildman–Crippen LogP) is 2.12. The van der Waals surface area contributed by atoms with Crippen molar-refractivity contribution in [3.05, 3.63) is 0 Å². The number of hydrogen-bond donors (Lipinski definition) is 2. The Bertz CT molecular complexity index is 154. The Hall–Kier alpha value is 0.270. The van der Waals surface area contributed by atoms with Crippen LogP contribution < -0.4 is 5.32 Å². The van der Waals surface area contributed by atoms with Crippen LogP contribution in [0, 0.1) is 5.41 Å². The van der Waals surface area contributed by atoms with Gasteiger partial charge >= 0.3 is 0 Å². The number of rotatable bonds is 5. The molecule has 14 heavy (non-hydrogen) atoms. The molecular weight excluding hydrogens is 194 g/mol. The molecule has 86 valence electrons. The molecule has 0 heterocycles. The van der Waals surface area contributed by atoms with Gasteiger partial charge in [-0.3, -0.25) is 0 Å². The van der Waals surface area contributed by atoms with Gasteiger partial charge in [-0.15, -0.1) is 0 Å². The lowest BCUT2D eigenvalue weighted by atomic mass is 9.88. The van der Waals surface area contributed by atoms with Gasteiger partial charge in [-0.2, -0.15) is 11.8 Å². The molecule has 0 aromatic heterocycles. The van der Waals surface area contributed by atoms with Crippen molar-refractivity contribution in [1.82, 2.24) is 5.32 Å². The van der Waals surface area contributed by atoms with Gasteiger partial charge < -0.3 is 10.4 Å². The maximum Gasteiger partial charge on any atom is 0.0628 e. The van der Waals surface area contributed by atoms with Crippen molar-refractivity contribution < 1.29 is 5.11 Å². The molecule has 0 amide bonds. The summed E-state index contributed by atoms with van der Waals surface area (Å²) in [5.74, 6) is 1.05. The lowest BCUT2D eigenvalue weighted by Gasteiger charge is -2.31. The van der Waals surface area contributed by atoms with Crippen molar-refractivity contribution in [3.63, 3.8) is 0 Å². The first-order valence-electron chi connectivity index (χ1n) is 5.26. The highest BCUT2D eigenvalue weighted by atomic mass is 32.2. The van der Waals surface area contributed by atoms with E-state index in [-0.39, 0.29) is 11.5 Å². The molecule has 0 aromatic rings. The topological polar surface area (TPSA) is 32.3 Å². The lowest BCUT2D eigenvalue weighted by molar-refractivity contribution is 0.196. The van der Waals surface area contributed by atoms with Crippen LogP contribution in [-0.4, -0.2) is 35.3 Å². The summed E-state index contributed by atoms with van der Waals surface area (Å²) in [7, 11) is 2.00. The molecule has 0 fully saturated rings. The van der Waals surface area contributed by atoms with E-state index < -0.39 is 0 Å². The minimum absolute atomic E-state index is 0.225. The molecule has 0 bridgehead atoms. The highest BCUT2D eigenvalue weighted by molar-refractivity contribution is 7.99. The second kappa shape index (κ2) is 5.99. The smallest absolute Gasteiger partial charge is 0.0628 e. The third kappa shape index (κ3) is 5.23. The highest BCUT2D eigenvalue weighted by Crippen LogP contribution is 2.24. The molecule has 0 saturated heterocycles. The van der Waals surface area contributed by atoms with E-state index in [1.165, 1.54) is 0 Å². The normalized spacial score (nSPS) is 19.1. The van der Waals surface area contributed by atoms with Crippen molar-refractivity contribution in [2.45, 2.75) is 52.0 Å². The number of thioether (sulfide) groups is 1. The van der Waals surface area contributed by atoms with Crippen LogP contribution in [-0.2, 0) is 0 Å². The molecule has 0 spiro atoms. The van der Waals surface area contributed by atoms with E-state index in [4.69, 9.17) is 0 Å². The average Bonchev–Trinajstić information content (AvgIpc) is 2.02. The Labute approximate surface area is 92.9 Å². The zero-order valence-electron chi connectivity index (χ0n) is 10.3. The van der Waals surface area contributed by atoms with E-state index in [1.54, 1.807) is 0 Å². The largest absolute Gasteiger partial charge is 0.392 e. The Kier molecular flexibility index (Phi) is 6.10. The van der Waals surface area contributed by atoms with Gasteiger partial charge in [-0.05, 0) is 19.4 Å². The average molecular weight is 219 g/mol. The summed E-state index contributed by atoms with van der Waals surface area (Å²) in [5, 5.41) is 13.0. The first kappa shape index (κ1) is 14.3. The maximum absolute atomic E-state index is 9.37. The van der Waals surface area contributed by atoms with Crippen molar-refractivity contribution in [1.29, 1.82) is 0 Å². The van der Waals surface area contributed by atoms with Crippen LogP contribution in [0.25, 0.3) is 0 Å². The predicted molar refractivity (Wildman–Crippen MR) is 65.9 cm³/mol. The SMILES string of the molecule is CNC(CSC(C)C(C)O)C(C)(C)C. The van der Waals surface area contributed by atoms with Crippen LogP contribution in [0.5, 0.6) is 0 Å². The van der Waals surface area contributed by atoms with E-state index in [1.807, 2.05) is 25.7 Å². The molecular formula is C11H25NOS. The van der Waals surface area contributed by atoms with Gasteiger partial charge in [0.2, 0.25) is 0 Å². The Morgan fingerprint density at radius 3 is 2.07 bits per heavy atom. The zero-order valence-corrected chi connectivity index (χ0v) is 11.1. The minimum atomic E-state index is -0.225. The van der Waals surface area contributed by atoms with Gasteiger partial charge in [-0.25, -0.2) is 0 Å². The summed E-state index contributed by atoms with van der Waals surface area (Å²) in [6, 6.07) is 0.494. The first-order valence-corrected chi connectivity index (χ1v) is 6.30. The second-order valence-electron chi connectivity index (χ2n) is 4.99. The molecule has 2 nitrogen and oxygen atoms in total. The van der Waals surface area contributed by atoms with Gasteiger partial charge in [0.25, 0.3) is 0 Å². The van der Waals surface area contributed by atoms with Gasteiger partial charge in [-0.1, -0.05) is 27.7 Å². The molecule has 0 aliphatic rings. The van der Waals surface area contributed by atoms with Crippen molar-refractivity contribution in [2.24, 2.45) is 5.41 Å². The quantitative estimate of drug-likeness (QED) is 0.743. The molecule has 3 atom stereocenters. The van der Waals surface area contributed by atoms with E-state index in [9.17, 15) is 5.11 Å². The molecule has 3 heteroatoms. The van der Waals surface area contributed by atoms with Gasteiger partial charge in [0.05, 0.1) is 6.10 Å². The summed E-state index contributed by atoms with van der Waals surface area (Å²) < 4.78 is 0. The molecule has 0 rings (SSSR count). The number of hydrogen-bond acceptors (Lipinski definition) is 3. The monoisotopic (exact) mass is 219 g/mol. The Morgan fingerprint density at radius 1 is 1.29 bits per heavy atom. The summed E-state index contributed by atoms with van der Waals surface area (Å²) in [5.41, 5.74) is 0.278. The molecule has 0 aliphatic heterocycles. The van der Waals surface area contributed by atoms with E-state index in [2.05, 4.69) is 33.0 Å². The maximum atomic E-state index is 9.37. The number of aliphatic hydroxyl groups is 1. The fraction of sp³-hybridized carbons (Fsp3) is 1.00. The first-order chi connectivity index (χ1) is 6.29. The molecule has 0 saturated carbocycles. The van der Waals surface area contributed by atoms with Crippen LogP contribution in [0.3, 0.4) is 0 Å². The van der Waals surface area contributed by atoms with E-state index in [0.717, 1.165) is 5.75 Å². The second-order valence-corrected chi connectivity index (χ2v) is 6.40. The standard InChI is InChI=1S/C11H25NOS/c1-8(13)9(2)14-7-10(12-6)11(3,4)5/h8-10,12-13H,7H2,1-6H3. The van der Waals surface area contributed by atoms with Gasteiger partial charge in [0, 0.05) is 17.0 Å². The van der Waals surface area contributed by atoms with Crippen LogP contribution in [0.4, 0.5) is 0 Å². The van der Waals surface area contributed by atoms with E-state index in [0.29, 0.717) is 11.3 Å². The van der Waals surface area contributed by atoms with Crippen molar-refractivity contribution in [2.75, 3.05) is 12.8 Å². The highest BCUT2D eigenvalue weighted by Gasteiger charge is 2.24. The molecule has 0 aromatic carbocycles. The van der Waals surface area contributed by atoms with E-state index >= 15 is 0 Å². The number of aliphatic hydroxyl groups excluding tert-OH is 1. The summed E-state index contributed by atoms with van der Waals surface area (Å²) >= 11 is 1.83. The fourth-order valence-electron chi connectivity index (χ4n) is 1.15. The summed E-state index contributed by atoms with van der Waals surface area (Å²) in [4.78, 5) is 0. The molecule has 0 radical (unpaired) electrons. The van der Waals surface area contributed by atoms with Crippen molar-refractivity contribution in [3.8, 4) is 0 Å². The molecule has 3 unspecified atom stereocenters. The van der Waals surface area contributed by atoms with Crippen LogP contribution in [0.1, 0.15) is 34.6 Å². The number of nitrogens with one attached hydrogen (secondary N) is 1.